The van der Waals surface area contributed by atoms with Gasteiger partial charge in [0.15, 0.2) is 0 Å². The first-order chi connectivity index (χ1) is 6.83. The second-order valence-corrected chi connectivity index (χ2v) is 6.63. The molecule has 0 N–H and O–H groups in total. The van der Waals surface area contributed by atoms with E-state index >= 15 is 0 Å². The van der Waals surface area contributed by atoms with Crippen molar-refractivity contribution < 1.29 is 4.39 Å². The van der Waals surface area contributed by atoms with Crippen LogP contribution in [0.4, 0.5) is 4.39 Å². The third-order valence-electron chi connectivity index (χ3n) is 2.92. The average Bonchev–Trinajstić information content (AvgIpc) is 2.77. The fraction of sp³-hybridized carbons (Fsp3) is 0.455. The summed E-state index contributed by atoms with van der Waals surface area (Å²) in [5.74, 6) is 2.17. The minimum atomic E-state index is -0.697. The van der Waals surface area contributed by atoms with Crippen LogP contribution in [0.5, 0.6) is 0 Å². The number of thioether (sulfide) groups is 2. The van der Waals surface area contributed by atoms with Crippen molar-refractivity contribution in [2.75, 3.05) is 11.5 Å². The van der Waals surface area contributed by atoms with Crippen LogP contribution in [0.15, 0.2) is 24.3 Å². The predicted octanol–water partition coefficient (Wildman–Crippen LogP) is 3.21. The highest BCUT2D eigenvalue weighted by molar-refractivity contribution is 8.20. The number of alkyl halides is 1. The third kappa shape index (κ3) is 1.09. The van der Waals surface area contributed by atoms with Crippen molar-refractivity contribution in [1.29, 1.82) is 0 Å². The summed E-state index contributed by atoms with van der Waals surface area (Å²) in [5.41, 5.74) is 2.45. The molecule has 1 fully saturated rings. The van der Waals surface area contributed by atoms with Gasteiger partial charge in [0.05, 0.1) is 0 Å². The molecule has 74 valence electrons. The van der Waals surface area contributed by atoms with Crippen molar-refractivity contribution in [3.05, 3.63) is 35.4 Å². The van der Waals surface area contributed by atoms with Gasteiger partial charge in [0.25, 0.3) is 0 Å². The Morgan fingerprint density at radius 2 is 1.93 bits per heavy atom. The summed E-state index contributed by atoms with van der Waals surface area (Å²) in [6, 6.07) is 8.20. The Bertz CT molecular complexity index is 358. The van der Waals surface area contributed by atoms with Gasteiger partial charge in [-0.25, -0.2) is 4.39 Å². The molecule has 1 aromatic carbocycles. The lowest BCUT2D eigenvalue weighted by Gasteiger charge is -2.25. The molecule has 0 nitrogen and oxygen atoms in total. The van der Waals surface area contributed by atoms with E-state index in [0.29, 0.717) is 6.42 Å². The second-order valence-electron chi connectivity index (χ2n) is 3.69. The van der Waals surface area contributed by atoms with Crippen LogP contribution in [-0.4, -0.2) is 17.7 Å². The molecule has 14 heavy (non-hydrogen) atoms. The number of fused-ring (bicyclic) bond motifs is 2. The summed E-state index contributed by atoms with van der Waals surface area (Å²) in [4.78, 5) is 0. The van der Waals surface area contributed by atoms with Gasteiger partial charge in [-0.1, -0.05) is 24.3 Å². The quantitative estimate of drug-likeness (QED) is 0.666. The van der Waals surface area contributed by atoms with E-state index in [2.05, 4.69) is 12.1 Å². The van der Waals surface area contributed by atoms with Gasteiger partial charge in [0.2, 0.25) is 0 Å². The molecule has 0 radical (unpaired) electrons. The topological polar surface area (TPSA) is 0 Å². The van der Waals surface area contributed by atoms with Crippen LogP contribution in [-0.2, 0) is 10.5 Å². The van der Waals surface area contributed by atoms with Gasteiger partial charge in [-0.05, 0) is 11.1 Å². The maximum absolute atomic E-state index is 14.0. The van der Waals surface area contributed by atoms with E-state index < -0.39 is 6.17 Å². The molecule has 1 aliphatic carbocycles. The van der Waals surface area contributed by atoms with E-state index in [1.165, 1.54) is 11.1 Å². The molecule has 3 rings (SSSR count). The van der Waals surface area contributed by atoms with E-state index in [1.54, 1.807) is 23.5 Å². The lowest BCUT2D eigenvalue weighted by molar-refractivity contribution is 0.330. The minimum absolute atomic E-state index is 0.253. The molecule has 0 aromatic heterocycles. The van der Waals surface area contributed by atoms with Crippen LogP contribution < -0.4 is 0 Å². The number of rotatable bonds is 0. The summed E-state index contributed by atoms with van der Waals surface area (Å²) in [6.07, 6.45) is -0.0895. The highest BCUT2D eigenvalue weighted by Crippen LogP contribution is 2.59. The number of hydrogen-bond donors (Lipinski definition) is 0. The van der Waals surface area contributed by atoms with Crippen molar-refractivity contribution >= 4 is 23.5 Å². The Morgan fingerprint density at radius 1 is 1.21 bits per heavy atom. The molecular formula is C11H11FS2. The molecule has 1 aliphatic heterocycles. The Balaban J connectivity index is 2.14. The average molecular weight is 226 g/mol. The third-order valence-corrected chi connectivity index (χ3v) is 6.51. The maximum Gasteiger partial charge on any atom is 0.132 e. The number of hydrogen-bond acceptors (Lipinski definition) is 2. The fourth-order valence-corrected chi connectivity index (χ4v) is 5.64. The van der Waals surface area contributed by atoms with Crippen LogP contribution >= 0.6 is 23.5 Å². The Morgan fingerprint density at radius 3 is 2.71 bits per heavy atom. The molecule has 1 spiro atoms. The van der Waals surface area contributed by atoms with Gasteiger partial charge in [-0.3, -0.25) is 0 Å². The van der Waals surface area contributed by atoms with Crippen molar-refractivity contribution in [2.45, 2.75) is 16.7 Å². The standard InChI is InChI=1S/C11H11FS2/c12-10-7-8-3-1-2-4-9(8)11(10)13-5-6-14-11/h1-4,10H,5-7H2. The van der Waals surface area contributed by atoms with Gasteiger partial charge in [0, 0.05) is 17.9 Å². The van der Waals surface area contributed by atoms with Crippen LogP contribution in [0, 0.1) is 0 Å². The summed E-state index contributed by atoms with van der Waals surface area (Å²) in [6.45, 7) is 0. The van der Waals surface area contributed by atoms with E-state index in [4.69, 9.17) is 0 Å². The highest BCUT2D eigenvalue weighted by atomic mass is 32.2. The number of halogens is 1. The van der Waals surface area contributed by atoms with Crippen molar-refractivity contribution in [1.82, 2.24) is 0 Å². The molecule has 3 heteroatoms. The lowest BCUT2D eigenvalue weighted by Crippen LogP contribution is -2.22. The maximum atomic E-state index is 14.0. The Labute approximate surface area is 91.7 Å². The van der Waals surface area contributed by atoms with Crippen LogP contribution in [0.2, 0.25) is 0 Å². The normalized spacial score (nSPS) is 28.2. The highest BCUT2D eigenvalue weighted by Gasteiger charge is 2.50. The van der Waals surface area contributed by atoms with Crippen molar-refractivity contribution in [3.63, 3.8) is 0 Å². The lowest BCUT2D eigenvalue weighted by atomic mass is 10.1. The molecule has 1 aromatic rings. The van der Waals surface area contributed by atoms with Gasteiger partial charge < -0.3 is 0 Å². The molecule has 0 bridgehead atoms. The van der Waals surface area contributed by atoms with Crippen LogP contribution in [0.1, 0.15) is 11.1 Å². The second kappa shape index (κ2) is 3.17. The summed E-state index contributed by atoms with van der Waals surface area (Å²) >= 11 is 3.58. The van der Waals surface area contributed by atoms with Gasteiger partial charge in [0.1, 0.15) is 10.3 Å². The molecule has 0 saturated carbocycles. The SMILES string of the molecule is FC1Cc2ccccc2C12SCCS2. The fourth-order valence-electron chi connectivity index (χ4n) is 2.30. The zero-order valence-electron chi connectivity index (χ0n) is 7.70. The van der Waals surface area contributed by atoms with Gasteiger partial charge in [-0.15, -0.1) is 23.5 Å². The zero-order chi connectivity index (χ0) is 9.60. The van der Waals surface area contributed by atoms with Crippen molar-refractivity contribution in [2.24, 2.45) is 0 Å². The Hall–Kier alpha value is -0.150. The molecular weight excluding hydrogens is 215 g/mol. The van der Waals surface area contributed by atoms with Gasteiger partial charge >= 0.3 is 0 Å². The first-order valence-corrected chi connectivity index (χ1v) is 6.80. The van der Waals surface area contributed by atoms with E-state index in [-0.39, 0.29) is 4.08 Å². The summed E-state index contributed by atoms with van der Waals surface area (Å²) in [5, 5.41) is 0. The van der Waals surface area contributed by atoms with Crippen LogP contribution in [0.25, 0.3) is 0 Å². The van der Waals surface area contributed by atoms with Crippen molar-refractivity contribution in [3.8, 4) is 0 Å². The largest absolute Gasteiger partial charge is 0.244 e. The molecule has 1 heterocycles. The van der Waals surface area contributed by atoms with E-state index in [9.17, 15) is 4.39 Å². The van der Waals surface area contributed by atoms with E-state index in [1.807, 2.05) is 12.1 Å². The molecule has 1 atom stereocenters. The van der Waals surface area contributed by atoms with Crippen LogP contribution in [0.3, 0.4) is 0 Å². The molecule has 0 amide bonds. The molecule has 1 unspecified atom stereocenters. The first-order valence-electron chi connectivity index (χ1n) is 4.83. The summed E-state index contributed by atoms with van der Waals surface area (Å²) < 4.78 is 13.8. The Kier molecular flexibility index (Phi) is 2.06. The zero-order valence-corrected chi connectivity index (χ0v) is 9.34. The van der Waals surface area contributed by atoms with E-state index in [0.717, 1.165) is 11.5 Å². The summed E-state index contributed by atoms with van der Waals surface area (Å²) in [7, 11) is 0. The first kappa shape index (κ1) is 9.10. The molecule has 1 saturated heterocycles. The smallest absolute Gasteiger partial charge is 0.132 e. The predicted molar refractivity (Wildman–Crippen MR) is 61.6 cm³/mol. The van der Waals surface area contributed by atoms with Gasteiger partial charge in [-0.2, -0.15) is 0 Å². The molecule has 2 aliphatic rings. The monoisotopic (exact) mass is 226 g/mol. The number of benzene rings is 1. The minimum Gasteiger partial charge on any atom is -0.244 e.